The van der Waals surface area contributed by atoms with Gasteiger partial charge in [-0.15, -0.1) is 0 Å². The van der Waals surface area contributed by atoms with Crippen LogP contribution in [0.1, 0.15) is 16.1 Å². The van der Waals surface area contributed by atoms with Crippen molar-refractivity contribution >= 4 is 44.3 Å². The number of hydrogen-bond donors (Lipinski definition) is 1. The van der Waals surface area contributed by atoms with Crippen LogP contribution in [0.25, 0.3) is 10.8 Å². The predicted octanol–water partition coefficient (Wildman–Crippen LogP) is 2.54. The highest BCUT2D eigenvalue weighted by Crippen LogP contribution is 2.25. The van der Waals surface area contributed by atoms with Gasteiger partial charge in [0.1, 0.15) is 5.69 Å². The molecule has 2 aromatic carbocycles. The molecule has 1 aromatic heterocycles. The van der Waals surface area contributed by atoms with Gasteiger partial charge in [-0.3, -0.25) is 9.78 Å². The molecule has 120 valence electrons. The van der Waals surface area contributed by atoms with E-state index in [1.165, 1.54) is 0 Å². The van der Waals surface area contributed by atoms with Crippen molar-refractivity contribution in [2.45, 2.75) is 6.42 Å². The minimum atomic E-state index is -1.15. The van der Waals surface area contributed by atoms with Crippen molar-refractivity contribution in [3.05, 3.63) is 70.5 Å². The molecule has 0 aliphatic carbocycles. The van der Waals surface area contributed by atoms with Crippen LogP contribution >= 0.6 is 15.9 Å². The second kappa shape index (κ2) is 6.80. The summed E-state index contributed by atoms with van der Waals surface area (Å²) in [6.07, 6.45) is 1.41. The summed E-state index contributed by atoms with van der Waals surface area (Å²) in [4.78, 5) is 27.4. The van der Waals surface area contributed by atoms with Crippen molar-refractivity contribution in [1.82, 2.24) is 4.98 Å². The molecule has 24 heavy (non-hydrogen) atoms. The number of pyridine rings is 1. The number of nitrogens with zero attached hydrogens (tertiary/aromatic N) is 1. The highest BCUT2D eigenvalue weighted by Gasteiger charge is 2.13. The summed E-state index contributed by atoms with van der Waals surface area (Å²) in [5.41, 5.74) is 1.46. The summed E-state index contributed by atoms with van der Waals surface area (Å²) in [5, 5.41) is 15.1. The predicted molar refractivity (Wildman–Crippen MR) is 92.5 cm³/mol. The minimum absolute atomic E-state index is 0.183. The van der Waals surface area contributed by atoms with Crippen molar-refractivity contribution in [2.24, 2.45) is 0 Å². The molecule has 0 bridgehead atoms. The lowest BCUT2D eigenvalue weighted by atomic mass is 10.1. The first-order valence-corrected chi connectivity index (χ1v) is 7.97. The van der Waals surface area contributed by atoms with Gasteiger partial charge in [-0.2, -0.15) is 0 Å². The number of amides is 1. The second-order valence-electron chi connectivity index (χ2n) is 5.20. The molecule has 0 unspecified atom stereocenters. The van der Waals surface area contributed by atoms with Gasteiger partial charge in [0.15, 0.2) is 0 Å². The van der Waals surface area contributed by atoms with Crippen LogP contribution in [0.15, 0.2) is 59.2 Å². The quantitative estimate of drug-likeness (QED) is 0.750. The Hall–Kier alpha value is -2.73. The Morgan fingerprint density at radius 3 is 2.67 bits per heavy atom. The van der Waals surface area contributed by atoms with E-state index in [4.69, 9.17) is 0 Å². The maximum Gasteiger partial charge on any atom is 0.274 e. The third-order valence-electron chi connectivity index (χ3n) is 3.52. The first-order chi connectivity index (χ1) is 11.5. The van der Waals surface area contributed by atoms with E-state index in [2.05, 4.69) is 26.2 Å². The molecule has 3 aromatic rings. The third-order valence-corrected chi connectivity index (χ3v) is 4.17. The number of nitrogens with one attached hydrogen (secondary N) is 1. The summed E-state index contributed by atoms with van der Waals surface area (Å²) in [7, 11) is 0. The average Bonchev–Trinajstić information content (AvgIpc) is 2.56. The maximum absolute atomic E-state index is 12.5. The minimum Gasteiger partial charge on any atom is -0.550 e. The van der Waals surface area contributed by atoms with Crippen LogP contribution < -0.4 is 10.4 Å². The SMILES string of the molecule is O=C([O-])Cc1ccc(NC(=O)c2nccc3ccccc23)c(Br)c1. The van der Waals surface area contributed by atoms with Crippen LogP contribution in [0.4, 0.5) is 5.69 Å². The first kappa shape index (κ1) is 16.1. The summed E-state index contributed by atoms with van der Waals surface area (Å²) < 4.78 is 0.592. The van der Waals surface area contributed by atoms with Gasteiger partial charge in [0.05, 0.1) is 5.69 Å². The Balaban J connectivity index is 1.88. The number of anilines is 1. The normalized spacial score (nSPS) is 10.5. The molecule has 0 saturated carbocycles. The molecule has 5 nitrogen and oxygen atoms in total. The van der Waals surface area contributed by atoms with Gasteiger partial charge < -0.3 is 15.2 Å². The summed E-state index contributed by atoms with van der Waals surface area (Å²) in [6.45, 7) is 0. The van der Waals surface area contributed by atoms with Crippen molar-refractivity contribution in [2.75, 3.05) is 5.32 Å². The largest absolute Gasteiger partial charge is 0.550 e. The molecule has 6 heteroatoms. The van der Waals surface area contributed by atoms with Gasteiger partial charge >= 0.3 is 0 Å². The van der Waals surface area contributed by atoms with Crippen LogP contribution in [0.5, 0.6) is 0 Å². The van der Waals surface area contributed by atoms with E-state index in [1.807, 2.05) is 30.3 Å². The molecule has 0 fully saturated rings. The van der Waals surface area contributed by atoms with E-state index in [0.29, 0.717) is 21.4 Å². The Kier molecular flexibility index (Phi) is 4.57. The van der Waals surface area contributed by atoms with Crippen LogP contribution in [0, 0.1) is 0 Å². The fraction of sp³-hybridized carbons (Fsp3) is 0.0556. The van der Waals surface area contributed by atoms with Crippen LogP contribution in [-0.2, 0) is 11.2 Å². The van der Waals surface area contributed by atoms with E-state index >= 15 is 0 Å². The lowest BCUT2D eigenvalue weighted by Crippen LogP contribution is -2.24. The monoisotopic (exact) mass is 383 g/mol. The standard InChI is InChI=1S/C18H13BrN2O3/c19-14-9-11(10-16(22)23)5-6-15(14)21-18(24)17-13-4-2-1-3-12(13)7-8-20-17/h1-9H,10H2,(H,21,24)(H,22,23)/p-1. The van der Waals surface area contributed by atoms with Gasteiger partial charge in [0.2, 0.25) is 0 Å². The lowest BCUT2D eigenvalue weighted by Gasteiger charge is -2.10. The van der Waals surface area contributed by atoms with Crippen molar-refractivity contribution < 1.29 is 14.7 Å². The zero-order valence-corrected chi connectivity index (χ0v) is 14.0. The molecule has 0 saturated heterocycles. The summed E-state index contributed by atoms with van der Waals surface area (Å²) >= 11 is 3.34. The molecular formula is C18H12BrN2O3-. The number of hydrogen-bond acceptors (Lipinski definition) is 4. The molecular weight excluding hydrogens is 372 g/mol. The number of halogens is 1. The Morgan fingerprint density at radius 1 is 1.12 bits per heavy atom. The van der Waals surface area contributed by atoms with Gasteiger partial charge in [-0.1, -0.05) is 30.3 Å². The number of fused-ring (bicyclic) bond motifs is 1. The van der Waals surface area contributed by atoms with Crippen LogP contribution in [-0.4, -0.2) is 16.9 Å². The zero-order valence-electron chi connectivity index (χ0n) is 12.5. The number of carbonyl (C=O) groups is 2. The second-order valence-corrected chi connectivity index (χ2v) is 6.05. The average molecular weight is 384 g/mol. The van der Waals surface area contributed by atoms with Gasteiger partial charge in [-0.25, -0.2) is 0 Å². The molecule has 0 spiro atoms. The van der Waals surface area contributed by atoms with E-state index in [-0.39, 0.29) is 12.3 Å². The van der Waals surface area contributed by atoms with Gasteiger partial charge in [-0.05, 0) is 45.1 Å². The van der Waals surface area contributed by atoms with E-state index < -0.39 is 5.97 Å². The Morgan fingerprint density at radius 2 is 1.92 bits per heavy atom. The maximum atomic E-state index is 12.5. The number of benzene rings is 2. The molecule has 0 atom stereocenters. The first-order valence-electron chi connectivity index (χ1n) is 7.18. The van der Waals surface area contributed by atoms with E-state index in [0.717, 1.165) is 10.8 Å². The fourth-order valence-corrected chi connectivity index (χ4v) is 2.94. The lowest BCUT2D eigenvalue weighted by molar-refractivity contribution is -0.304. The number of rotatable bonds is 4. The van der Waals surface area contributed by atoms with Crippen LogP contribution in [0.2, 0.25) is 0 Å². The van der Waals surface area contributed by atoms with E-state index in [1.54, 1.807) is 24.4 Å². The molecule has 0 aliphatic heterocycles. The number of carboxylic acids is 1. The molecule has 1 N–H and O–H groups in total. The molecule has 0 radical (unpaired) electrons. The van der Waals surface area contributed by atoms with Crippen molar-refractivity contribution in [3.63, 3.8) is 0 Å². The zero-order chi connectivity index (χ0) is 17.1. The van der Waals surface area contributed by atoms with E-state index in [9.17, 15) is 14.7 Å². The highest BCUT2D eigenvalue weighted by molar-refractivity contribution is 9.10. The number of carbonyl (C=O) groups excluding carboxylic acids is 2. The van der Waals surface area contributed by atoms with Gasteiger partial charge in [0, 0.05) is 28.4 Å². The number of aliphatic carboxylic acids is 1. The summed E-state index contributed by atoms with van der Waals surface area (Å²) in [6, 6.07) is 14.3. The molecule has 0 aliphatic rings. The molecule has 1 amide bonds. The highest BCUT2D eigenvalue weighted by atomic mass is 79.9. The van der Waals surface area contributed by atoms with Gasteiger partial charge in [0.25, 0.3) is 5.91 Å². The topological polar surface area (TPSA) is 82.1 Å². The van der Waals surface area contributed by atoms with Crippen molar-refractivity contribution in [1.29, 1.82) is 0 Å². The summed E-state index contributed by atoms with van der Waals surface area (Å²) in [5.74, 6) is -1.49. The van der Waals surface area contributed by atoms with Crippen molar-refractivity contribution in [3.8, 4) is 0 Å². The smallest absolute Gasteiger partial charge is 0.274 e. The fourth-order valence-electron chi connectivity index (χ4n) is 2.42. The molecule has 3 rings (SSSR count). The Bertz CT molecular complexity index is 935. The number of aromatic nitrogens is 1. The van der Waals surface area contributed by atoms with Crippen LogP contribution in [0.3, 0.4) is 0 Å². The third kappa shape index (κ3) is 3.44. The Labute approximate surface area is 146 Å². The number of carboxylic acid groups (broad SMARTS) is 1. The molecule has 1 heterocycles.